The maximum absolute atomic E-state index is 12.3. The van der Waals surface area contributed by atoms with Crippen molar-refractivity contribution in [1.29, 1.82) is 5.26 Å². The van der Waals surface area contributed by atoms with Crippen LogP contribution in [0.15, 0.2) is 36.4 Å². The summed E-state index contributed by atoms with van der Waals surface area (Å²) in [6.45, 7) is 1.81. The van der Waals surface area contributed by atoms with Crippen molar-refractivity contribution in [3.63, 3.8) is 0 Å². The van der Waals surface area contributed by atoms with Gasteiger partial charge in [0.2, 0.25) is 0 Å². The lowest BCUT2D eigenvalue weighted by molar-refractivity contribution is 0.102. The van der Waals surface area contributed by atoms with Gasteiger partial charge in [-0.2, -0.15) is 5.26 Å². The van der Waals surface area contributed by atoms with Gasteiger partial charge < -0.3 is 15.8 Å². The van der Waals surface area contributed by atoms with E-state index in [-0.39, 0.29) is 11.6 Å². The molecule has 0 aliphatic carbocycles. The number of benzene rings is 2. The molecule has 0 saturated heterocycles. The van der Waals surface area contributed by atoms with E-state index >= 15 is 0 Å². The molecule has 0 unspecified atom stereocenters. The zero-order valence-electron chi connectivity index (χ0n) is 11.8. The van der Waals surface area contributed by atoms with Crippen LogP contribution in [0.3, 0.4) is 0 Å². The normalized spacial score (nSPS) is 9.76. The van der Waals surface area contributed by atoms with Gasteiger partial charge in [0, 0.05) is 0 Å². The highest BCUT2D eigenvalue weighted by Gasteiger charge is 2.15. The Morgan fingerprint density at radius 2 is 2.00 bits per heavy atom. The third-order valence-corrected chi connectivity index (χ3v) is 3.16. The topological polar surface area (TPSA) is 88.1 Å². The molecule has 0 saturated carbocycles. The van der Waals surface area contributed by atoms with Crippen LogP contribution in [0, 0.1) is 18.3 Å². The van der Waals surface area contributed by atoms with Crippen LogP contribution in [0.4, 0.5) is 11.4 Å². The molecular weight excluding hydrogens is 266 g/mol. The summed E-state index contributed by atoms with van der Waals surface area (Å²) in [7, 11) is 1.49. The zero-order chi connectivity index (χ0) is 15.4. The number of methoxy groups -OCH3 is 1. The van der Waals surface area contributed by atoms with Gasteiger partial charge in [0.25, 0.3) is 5.91 Å². The minimum Gasteiger partial charge on any atom is -0.495 e. The van der Waals surface area contributed by atoms with Crippen molar-refractivity contribution in [2.24, 2.45) is 0 Å². The molecule has 2 rings (SSSR count). The number of nitrogens with two attached hydrogens (primary N) is 1. The third kappa shape index (κ3) is 2.79. The average Bonchev–Trinajstić information content (AvgIpc) is 2.47. The van der Waals surface area contributed by atoms with Crippen LogP contribution in [0.2, 0.25) is 0 Å². The van der Waals surface area contributed by atoms with Crippen molar-refractivity contribution in [3.05, 3.63) is 53.1 Å². The van der Waals surface area contributed by atoms with Crippen LogP contribution >= 0.6 is 0 Å². The van der Waals surface area contributed by atoms with Crippen molar-refractivity contribution in [2.75, 3.05) is 18.2 Å². The zero-order valence-corrected chi connectivity index (χ0v) is 11.8. The SMILES string of the molecule is COc1cccc(C(=O)Nc2cccc(C)c2C#N)c1N. The minimum atomic E-state index is -0.381. The van der Waals surface area contributed by atoms with E-state index in [1.54, 1.807) is 30.3 Å². The monoisotopic (exact) mass is 281 g/mol. The fourth-order valence-corrected chi connectivity index (χ4v) is 2.03. The van der Waals surface area contributed by atoms with Crippen LogP contribution in [-0.4, -0.2) is 13.0 Å². The molecule has 0 radical (unpaired) electrons. The lowest BCUT2D eigenvalue weighted by atomic mass is 10.1. The maximum Gasteiger partial charge on any atom is 0.257 e. The molecule has 106 valence electrons. The number of nitrogens with one attached hydrogen (secondary N) is 1. The number of nitrogens with zero attached hydrogens (tertiary/aromatic N) is 1. The van der Waals surface area contributed by atoms with E-state index in [1.165, 1.54) is 7.11 Å². The summed E-state index contributed by atoms with van der Waals surface area (Å²) in [6, 6.07) is 12.3. The van der Waals surface area contributed by atoms with Crippen molar-refractivity contribution in [3.8, 4) is 11.8 Å². The van der Waals surface area contributed by atoms with Gasteiger partial charge in [-0.3, -0.25) is 4.79 Å². The van der Waals surface area contributed by atoms with Crippen molar-refractivity contribution < 1.29 is 9.53 Å². The van der Waals surface area contributed by atoms with Crippen LogP contribution in [0.1, 0.15) is 21.5 Å². The second-order valence-electron chi connectivity index (χ2n) is 4.48. The second kappa shape index (κ2) is 5.97. The van der Waals surface area contributed by atoms with Crippen LogP contribution < -0.4 is 15.8 Å². The number of carbonyl (C=O) groups excluding carboxylic acids is 1. The van der Waals surface area contributed by atoms with Gasteiger partial charge in [-0.05, 0) is 30.7 Å². The summed E-state index contributed by atoms with van der Waals surface area (Å²) in [6.07, 6.45) is 0. The molecule has 0 heterocycles. The maximum atomic E-state index is 12.3. The molecule has 0 aromatic heterocycles. The smallest absolute Gasteiger partial charge is 0.257 e. The van der Waals surface area contributed by atoms with E-state index in [1.807, 2.05) is 13.0 Å². The Morgan fingerprint density at radius 1 is 1.29 bits per heavy atom. The Morgan fingerprint density at radius 3 is 2.67 bits per heavy atom. The Bertz CT molecular complexity index is 733. The fraction of sp³-hybridized carbons (Fsp3) is 0.125. The van der Waals surface area contributed by atoms with Crippen molar-refractivity contribution in [1.82, 2.24) is 0 Å². The number of ether oxygens (including phenoxy) is 1. The highest BCUT2D eigenvalue weighted by Crippen LogP contribution is 2.26. The lowest BCUT2D eigenvalue weighted by Crippen LogP contribution is -2.15. The minimum absolute atomic E-state index is 0.267. The van der Waals surface area contributed by atoms with Crippen LogP contribution in [0.5, 0.6) is 5.75 Å². The van der Waals surface area contributed by atoms with Crippen LogP contribution in [0.25, 0.3) is 0 Å². The predicted octanol–water partition coefficient (Wildman–Crippen LogP) is 2.71. The first kappa shape index (κ1) is 14.4. The number of aryl methyl sites for hydroxylation is 1. The van der Waals surface area contributed by atoms with Gasteiger partial charge >= 0.3 is 0 Å². The summed E-state index contributed by atoms with van der Waals surface area (Å²) in [4.78, 5) is 12.3. The quantitative estimate of drug-likeness (QED) is 0.847. The van der Waals surface area contributed by atoms with E-state index < -0.39 is 0 Å². The lowest BCUT2D eigenvalue weighted by Gasteiger charge is -2.12. The molecule has 5 nitrogen and oxygen atoms in total. The molecule has 3 N–H and O–H groups in total. The first-order chi connectivity index (χ1) is 10.1. The molecule has 21 heavy (non-hydrogen) atoms. The molecule has 2 aromatic rings. The summed E-state index contributed by atoms with van der Waals surface area (Å²) in [5, 5.41) is 11.9. The van der Waals surface area contributed by atoms with E-state index in [0.717, 1.165) is 5.56 Å². The first-order valence-corrected chi connectivity index (χ1v) is 6.32. The van der Waals surface area contributed by atoms with Gasteiger partial charge in [-0.15, -0.1) is 0 Å². The Labute approximate surface area is 123 Å². The van der Waals surface area contributed by atoms with Gasteiger partial charge in [-0.25, -0.2) is 0 Å². The highest BCUT2D eigenvalue weighted by molar-refractivity contribution is 6.09. The second-order valence-corrected chi connectivity index (χ2v) is 4.48. The third-order valence-electron chi connectivity index (χ3n) is 3.16. The highest BCUT2D eigenvalue weighted by atomic mass is 16.5. The number of nitrogen functional groups attached to an aromatic ring is 1. The molecule has 0 spiro atoms. The Kier molecular flexibility index (Phi) is 4.10. The van der Waals surface area contributed by atoms with Gasteiger partial charge in [0.15, 0.2) is 0 Å². The number of amides is 1. The number of rotatable bonds is 3. The Balaban J connectivity index is 2.36. The molecule has 0 atom stereocenters. The molecule has 0 aliphatic heterocycles. The molecule has 0 bridgehead atoms. The summed E-state index contributed by atoms with van der Waals surface area (Å²) in [5.74, 6) is 0.0564. The first-order valence-electron chi connectivity index (χ1n) is 6.32. The fourth-order valence-electron chi connectivity index (χ4n) is 2.03. The molecule has 5 heteroatoms. The summed E-state index contributed by atoms with van der Waals surface area (Å²) in [5.41, 5.74) is 8.17. The molecular formula is C16H15N3O2. The molecule has 0 aliphatic rings. The number of nitriles is 1. The van der Waals surface area contributed by atoms with Crippen LogP contribution in [-0.2, 0) is 0 Å². The number of para-hydroxylation sites is 1. The Hall–Kier alpha value is -3.00. The van der Waals surface area contributed by atoms with Gasteiger partial charge in [0.1, 0.15) is 11.8 Å². The summed E-state index contributed by atoms with van der Waals surface area (Å²) < 4.78 is 5.09. The summed E-state index contributed by atoms with van der Waals surface area (Å²) >= 11 is 0. The van der Waals surface area contributed by atoms with Gasteiger partial charge in [-0.1, -0.05) is 18.2 Å². The van der Waals surface area contributed by atoms with E-state index in [9.17, 15) is 10.1 Å². The molecule has 0 fully saturated rings. The van der Waals surface area contributed by atoms with Crippen molar-refractivity contribution >= 4 is 17.3 Å². The van der Waals surface area contributed by atoms with Gasteiger partial charge in [0.05, 0.1) is 29.6 Å². The number of carbonyl (C=O) groups is 1. The number of anilines is 2. The van der Waals surface area contributed by atoms with E-state index in [0.29, 0.717) is 22.6 Å². The molecule has 2 aromatic carbocycles. The van der Waals surface area contributed by atoms with Crippen molar-refractivity contribution in [2.45, 2.75) is 6.92 Å². The average molecular weight is 281 g/mol. The number of hydrogen-bond donors (Lipinski definition) is 2. The van der Waals surface area contributed by atoms with E-state index in [4.69, 9.17) is 10.5 Å². The van der Waals surface area contributed by atoms with E-state index in [2.05, 4.69) is 11.4 Å². The predicted molar refractivity (Wildman–Crippen MR) is 81.3 cm³/mol. The standard InChI is InChI=1S/C16H15N3O2/c1-10-5-3-7-13(12(10)9-17)19-16(20)11-6-4-8-14(21-2)15(11)18/h3-8H,18H2,1-2H3,(H,19,20). The number of hydrogen-bond acceptors (Lipinski definition) is 4. The molecule has 1 amide bonds. The largest absolute Gasteiger partial charge is 0.495 e.